The number of halogens is 1. The topological polar surface area (TPSA) is 20.2 Å². The molecule has 0 rings (SSSR count). The molecule has 2 heteroatoms. The average Bonchev–Trinajstić information content (AvgIpc) is 2.05. The van der Waals surface area contributed by atoms with Gasteiger partial charge in [0.1, 0.15) is 0 Å². The van der Waals surface area contributed by atoms with Crippen molar-refractivity contribution < 1.29 is 5.11 Å². The van der Waals surface area contributed by atoms with Crippen LogP contribution in [0.15, 0.2) is 0 Å². The molecule has 0 fully saturated rings. The molecule has 1 nitrogen and oxygen atoms in total. The van der Waals surface area contributed by atoms with Crippen LogP contribution in [0, 0.1) is 11.8 Å². The molecule has 0 aliphatic carbocycles. The van der Waals surface area contributed by atoms with E-state index in [-0.39, 0.29) is 6.10 Å². The van der Waals surface area contributed by atoms with E-state index in [0.29, 0.717) is 18.7 Å². The molecule has 1 atom stereocenters. The van der Waals surface area contributed by atoms with Gasteiger partial charge in [-0.1, -0.05) is 13.3 Å². The lowest BCUT2D eigenvalue weighted by molar-refractivity contribution is 0.177. The van der Waals surface area contributed by atoms with Crippen LogP contribution in [-0.4, -0.2) is 17.1 Å². The van der Waals surface area contributed by atoms with Crippen molar-refractivity contribution in [2.45, 2.75) is 45.1 Å². The molecule has 0 saturated heterocycles. The summed E-state index contributed by atoms with van der Waals surface area (Å²) in [6, 6.07) is 0. The minimum absolute atomic E-state index is 0.336. The molecule has 0 amide bonds. The monoisotopic (exact) mass is 188 g/mol. The van der Waals surface area contributed by atoms with Gasteiger partial charge in [0, 0.05) is 18.7 Å². The lowest BCUT2D eigenvalue weighted by Gasteiger charge is -2.01. The highest BCUT2D eigenvalue weighted by molar-refractivity contribution is 6.17. The minimum atomic E-state index is -0.336. The number of alkyl halides is 1. The number of aliphatic hydroxyl groups excluding tert-OH is 1. The first-order chi connectivity index (χ1) is 5.81. The molecule has 0 aliphatic rings. The van der Waals surface area contributed by atoms with Gasteiger partial charge in [-0.25, -0.2) is 0 Å². The van der Waals surface area contributed by atoms with Crippen LogP contribution in [0.2, 0.25) is 0 Å². The number of rotatable bonds is 5. The van der Waals surface area contributed by atoms with Crippen LogP contribution in [0.5, 0.6) is 0 Å². The zero-order valence-electron chi connectivity index (χ0n) is 7.65. The molecular weight excluding hydrogens is 172 g/mol. The van der Waals surface area contributed by atoms with Gasteiger partial charge in [-0.05, 0) is 12.8 Å². The number of hydrogen-bond donors (Lipinski definition) is 1. The zero-order valence-corrected chi connectivity index (χ0v) is 8.40. The molecular formula is C10H17ClO. The molecule has 12 heavy (non-hydrogen) atoms. The Balaban J connectivity index is 3.29. The summed E-state index contributed by atoms with van der Waals surface area (Å²) in [6.45, 7) is 2.14. The van der Waals surface area contributed by atoms with Crippen LogP contribution >= 0.6 is 11.6 Å². The van der Waals surface area contributed by atoms with E-state index >= 15 is 0 Å². The van der Waals surface area contributed by atoms with Crippen LogP contribution in [0.3, 0.4) is 0 Å². The Bertz CT molecular complexity index is 146. The van der Waals surface area contributed by atoms with Gasteiger partial charge in [0.15, 0.2) is 0 Å². The van der Waals surface area contributed by atoms with E-state index in [1.54, 1.807) is 0 Å². The molecule has 1 N–H and O–H groups in total. The number of hydrogen-bond acceptors (Lipinski definition) is 1. The maximum absolute atomic E-state index is 9.22. The van der Waals surface area contributed by atoms with Gasteiger partial charge in [0.25, 0.3) is 0 Å². The second-order valence-electron chi connectivity index (χ2n) is 2.79. The summed E-state index contributed by atoms with van der Waals surface area (Å²) in [4.78, 5) is 0. The van der Waals surface area contributed by atoms with Crippen LogP contribution < -0.4 is 0 Å². The Labute approximate surface area is 80.1 Å². The second kappa shape index (κ2) is 8.90. The molecule has 0 spiro atoms. The highest BCUT2D eigenvalue weighted by Crippen LogP contribution is 1.98. The largest absolute Gasteiger partial charge is 0.392 e. The van der Waals surface area contributed by atoms with Gasteiger partial charge < -0.3 is 5.11 Å². The summed E-state index contributed by atoms with van der Waals surface area (Å²) in [5, 5.41) is 9.22. The fourth-order valence-electron chi connectivity index (χ4n) is 0.772. The second-order valence-corrected chi connectivity index (χ2v) is 3.17. The summed E-state index contributed by atoms with van der Waals surface area (Å²) in [6.07, 6.45) is 4.15. The van der Waals surface area contributed by atoms with Crippen molar-refractivity contribution in [1.29, 1.82) is 0 Å². The summed E-state index contributed by atoms with van der Waals surface area (Å²) in [7, 11) is 0. The van der Waals surface area contributed by atoms with E-state index < -0.39 is 0 Å². The Hall–Kier alpha value is -0.190. The van der Waals surface area contributed by atoms with Gasteiger partial charge in [-0.15, -0.1) is 23.4 Å². The first kappa shape index (κ1) is 11.8. The highest BCUT2D eigenvalue weighted by atomic mass is 35.5. The molecule has 0 heterocycles. The lowest BCUT2D eigenvalue weighted by Crippen LogP contribution is -2.04. The van der Waals surface area contributed by atoms with E-state index in [2.05, 4.69) is 18.8 Å². The summed E-state index contributed by atoms with van der Waals surface area (Å²) < 4.78 is 0. The Morgan fingerprint density at radius 1 is 1.42 bits per heavy atom. The SMILES string of the molecule is CCCCC#CCC(O)CCCl. The highest BCUT2D eigenvalue weighted by Gasteiger charge is 1.98. The van der Waals surface area contributed by atoms with Crippen LogP contribution in [0.1, 0.15) is 39.0 Å². The van der Waals surface area contributed by atoms with E-state index in [1.165, 1.54) is 6.42 Å². The molecule has 0 saturated carbocycles. The van der Waals surface area contributed by atoms with Gasteiger partial charge in [-0.2, -0.15) is 0 Å². The number of unbranched alkanes of at least 4 members (excludes halogenated alkanes) is 2. The van der Waals surface area contributed by atoms with Crippen LogP contribution in [0.25, 0.3) is 0 Å². The van der Waals surface area contributed by atoms with Crippen molar-refractivity contribution in [3.63, 3.8) is 0 Å². The van der Waals surface area contributed by atoms with Gasteiger partial charge >= 0.3 is 0 Å². The van der Waals surface area contributed by atoms with Crippen molar-refractivity contribution >= 4 is 11.6 Å². The third-order valence-corrected chi connectivity index (χ3v) is 1.78. The Morgan fingerprint density at radius 2 is 2.17 bits per heavy atom. The zero-order chi connectivity index (χ0) is 9.23. The Kier molecular flexibility index (Phi) is 8.76. The van der Waals surface area contributed by atoms with E-state index in [0.717, 1.165) is 12.8 Å². The number of aliphatic hydroxyl groups is 1. The van der Waals surface area contributed by atoms with Crippen LogP contribution in [0.4, 0.5) is 0 Å². The minimum Gasteiger partial charge on any atom is -0.392 e. The van der Waals surface area contributed by atoms with Gasteiger partial charge in [-0.3, -0.25) is 0 Å². The molecule has 0 bridgehead atoms. The van der Waals surface area contributed by atoms with Crippen LogP contribution in [-0.2, 0) is 0 Å². The lowest BCUT2D eigenvalue weighted by atomic mass is 10.2. The first-order valence-electron chi connectivity index (χ1n) is 4.51. The fourth-order valence-corrected chi connectivity index (χ4v) is 1.02. The quantitative estimate of drug-likeness (QED) is 0.400. The predicted octanol–water partition coefficient (Wildman–Crippen LogP) is 2.56. The molecule has 0 aromatic carbocycles. The Morgan fingerprint density at radius 3 is 2.75 bits per heavy atom. The van der Waals surface area contributed by atoms with Crippen molar-refractivity contribution in [1.82, 2.24) is 0 Å². The molecule has 0 aliphatic heterocycles. The molecule has 0 radical (unpaired) electrons. The summed E-state index contributed by atoms with van der Waals surface area (Å²) in [5.74, 6) is 6.48. The summed E-state index contributed by atoms with van der Waals surface area (Å²) in [5.41, 5.74) is 0. The van der Waals surface area contributed by atoms with E-state index in [9.17, 15) is 5.11 Å². The maximum Gasteiger partial charge on any atom is 0.0660 e. The van der Waals surface area contributed by atoms with E-state index in [4.69, 9.17) is 11.6 Å². The third-order valence-electron chi connectivity index (χ3n) is 1.56. The third kappa shape index (κ3) is 7.91. The predicted molar refractivity (Wildman–Crippen MR) is 53.3 cm³/mol. The molecule has 1 unspecified atom stereocenters. The summed E-state index contributed by atoms with van der Waals surface area (Å²) >= 11 is 5.45. The van der Waals surface area contributed by atoms with Crippen molar-refractivity contribution in [2.24, 2.45) is 0 Å². The standard InChI is InChI=1S/C10H17ClO/c1-2-3-4-5-6-7-10(12)8-9-11/h10,12H,2-4,7-9H2,1H3. The van der Waals surface area contributed by atoms with Crippen molar-refractivity contribution in [3.05, 3.63) is 0 Å². The normalized spacial score (nSPS) is 11.9. The van der Waals surface area contributed by atoms with Crippen molar-refractivity contribution in [3.8, 4) is 11.8 Å². The fraction of sp³-hybridized carbons (Fsp3) is 0.800. The molecule has 0 aromatic heterocycles. The van der Waals surface area contributed by atoms with Crippen molar-refractivity contribution in [2.75, 3.05) is 5.88 Å². The maximum atomic E-state index is 9.22. The van der Waals surface area contributed by atoms with Gasteiger partial charge in [0.2, 0.25) is 0 Å². The van der Waals surface area contributed by atoms with E-state index in [1.807, 2.05) is 0 Å². The molecule has 0 aromatic rings. The smallest absolute Gasteiger partial charge is 0.0660 e. The molecule has 70 valence electrons. The van der Waals surface area contributed by atoms with Gasteiger partial charge in [0.05, 0.1) is 6.10 Å². The average molecular weight is 189 g/mol. The first-order valence-corrected chi connectivity index (χ1v) is 5.04.